The maximum atomic E-state index is 11.8. The van der Waals surface area contributed by atoms with E-state index in [1.807, 2.05) is 0 Å². The predicted molar refractivity (Wildman–Crippen MR) is 80.5 cm³/mol. The summed E-state index contributed by atoms with van der Waals surface area (Å²) >= 11 is 0. The number of carbonyl (C=O) groups is 4. The monoisotopic (exact) mass is 397 g/mol. The molecule has 0 spiro atoms. The quantitative estimate of drug-likeness (QED) is 0.285. The van der Waals surface area contributed by atoms with Crippen molar-refractivity contribution in [3.8, 4) is 0 Å². The molecule has 2 N–H and O–H groups in total. The minimum absolute atomic E-state index is 0.425. The first-order chi connectivity index (χ1) is 11.9. The van der Waals surface area contributed by atoms with E-state index in [2.05, 4.69) is 0 Å². The predicted octanol–water partition coefficient (Wildman–Crippen LogP) is -2.03. The van der Waals surface area contributed by atoms with E-state index in [9.17, 15) is 27.6 Å². The Morgan fingerprint density at radius 1 is 0.962 bits per heavy atom. The fourth-order valence-electron chi connectivity index (χ4n) is 2.14. The number of rotatable bonds is 7. The number of nitrogens with two attached hydrogens (primary N) is 1. The van der Waals surface area contributed by atoms with Gasteiger partial charge in [-0.25, -0.2) is 4.18 Å². The average molecular weight is 397 g/mol. The molecule has 13 heteroatoms. The largest absolute Gasteiger partial charge is 0.456 e. The molecule has 1 aliphatic rings. The topological polar surface area (TPSA) is 175 Å². The minimum atomic E-state index is -4.48. The standard InChI is InChI=1S/C13H19NO11S/c1-6(15)22-9-4-21-13(25-26(19,20)5-10(14)18)12(24-8(3)17)11(9)23-7(2)16/h9,11-13H,4-5H2,1-3H3,(H2,14,18)/t9-,11?,12+,13+/m1/s1. The molecule has 1 amide bonds. The highest BCUT2D eigenvalue weighted by molar-refractivity contribution is 7.87. The zero-order valence-corrected chi connectivity index (χ0v) is 15.0. The first-order valence-electron chi connectivity index (χ1n) is 7.24. The van der Waals surface area contributed by atoms with E-state index in [1.165, 1.54) is 0 Å². The zero-order chi connectivity index (χ0) is 20.1. The third-order valence-corrected chi connectivity index (χ3v) is 3.99. The van der Waals surface area contributed by atoms with Gasteiger partial charge in [0.05, 0.1) is 6.61 Å². The molecule has 4 atom stereocenters. The maximum Gasteiger partial charge on any atom is 0.303 e. The minimum Gasteiger partial charge on any atom is -0.456 e. The molecule has 0 aromatic carbocycles. The van der Waals surface area contributed by atoms with Gasteiger partial charge in [0.2, 0.25) is 12.2 Å². The van der Waals surface area contributed by atoms with Crippen LogP contribution in [0, 0.1) is 0 Å². The van der Waals surface area contributed by atoms with E-state index >= 15 is 0 Å². The van der Waals surface area contributed by atoms with Crippen LogP contribution in [-0.2, 0) is 52.4 Å². The Hall–Kier alpha value is -2.25. The van der Waals surface area contributed by atoms with Crippen molar-refractivity contribution < 1.29 is 50.7 Å². The Labute approximate surface area is 149 Å². The maximum absolute atomic E-state index is 11.8. The summed E-state index contributed by atoms with van der Waals surface area (Å²) in [6.07, 6.45) is -5.92. The van der Waals surface area contributed by atoms with Crippen molar-refractivity contribution in [2.24, 2.45) is 5.73 Å². The lowest BCUT2D eigenvalue weighted by Crippen LogP contribution is -2.58. The molecule has 1 saturated heterocycles. The van der Waals surface area contributed by atoms with Gasteiger partial charge in [0.15, 0.2) is 24.1 Å². The number of hydrogen-bond acceptors (Lipinski definition) is 11. The third kappa shape index (κ3) is 6.93. The fraction of sp³-hybridized carbons (Fsp3) is 0.692. The van der Waals surface area contributed by atoms with Gasteiger partial charge in [-0.3, -0.25) is 19.2 Å². The van der Waals surface area contributed by atoms with Crippen LogP contribution in [0.25, 0.3) is 0 Å². The van der Waals surface area contributed by atoms with Crippen molar-refractivity contribution in [2.75, 3.05) is 12.4 Å². The van der Waals surface area contributed by atoms with E-state index in [4.69, 9.17) is 28.9 Å². The Morgan fingerprint density at radius 3 is 1.92 bits per heavy atom. The molecule has 1 unspecified atom stereocenters. The van der Waals surface area contributed by atoms with Crippen LogP contribution < -0.4 is 5.73 Å². The molecule has 148 valence electrons. The number of hydrogen-bond donors (Lipinski definition) is 1. The Balaban J connectivity index is 3.13. The highest BCUT2D eigenvalue weighted by atomic mass is 32.2. The van der Waals surface area contributed by atoms with Crippen LogP contribution in [0.15, 0.2) is 0 Å². The lowest BCUT2D eigenvalue weighted by molar-refractivity contribution is -0.259. The number of carbonyl (C=O) groups excluding carboxylic acids is 4. The zero-order valence-electron chi connectivity index (χ0n) is 14.2. The highest BCUT2D eigenvalue weighted by Crippen LogP contribution is 2.26. The first kappa shape index (κ1) is 21.8. The van der Waals surface area contributed by atoms with Gasteiger partial charge >= 0.3 is 17.9 Å². The van der Waals surface area contributed by atoms with Gasteiger partial charge in [0.25, 0.3) is 10.1 Å². The smallest absolute Gasteiger partial charge is 0.303 e. The highest BCUT2D eigenvalue weighted by Gasteiger charge is 2.49. The second kappa shape index (κ2) is 8.91. The molecular weight excluding hydrogens is 378 g/mol. The fourth-order valence-corrected chi connectivity index (χ4v) is 3.01. The molecule has 12 nitrogen and oxygen atoms in total. The summed E-state index contributed by atoms with van der Waals surface area (Å²) in [6.45, 7) is 2.72. The lowest BCUT2D eigenvalue weighted by Gasteiger charge is -2.39. The van der Waals surface area contributed by atoms with E-state index < -0.39 is 70.9 Å². The molecule has 1 rings (SSSR count). The molecule has 0 saturated carbocycles. The summed E-state index contributed by atoms with van der Waals surface area (Å²) in [5.74, 6) is -4.76. The van der Waals surface area contributed by atoms with Crippen molar-refractivity contribution in [1.29, 1.82) is 0 Å². The molecule has 0 aromatic rings. The van der Waals surface area contributed by atoms with Crippen LogP contribution in [0.5, 0.6) is 0 Å². The van der Waals surface area contributed by atoms with Gasteiger partial charge < -0.3 is 24.7 Å². The van der Waals surface area contributed by atoms with Crippen LogP contribution in [0.3, 0.4) is 0 Å². The molecule has 1 aliphatic heterocycles. The summed E-state index contributed by atoms with van der Waals surface area (Å²) in [6, 6.07) is 0. The molecular formula is C13H19NO11S. The summed E-state index contributed by atoms with van der Waals surface area (Å²) in [4.78, 5) is 44.7. The number of amides is 1. The second-order valence-corrected chi connectivity index (χ2v) is 6.86. The number of ether oxygens (including phenoxy) is 4. The van der Waals surface area contributed by atoms with E-state index in [0.29, 0.717) is 0 Å². The molecule has 0 aliphatic carbocycles. The molecule has 0 radical (unpaired) electrons. The van der Waals surface area contributed by atoms with Crippen molar-refractivity contribution in [3.63, 3.8) is 0 Å². The van der Waals surface area contributed by atoms with Crippen LogP contribution in [0.2, 0.25) is 0 Å². The Kier molecular flexibility index (Phi) is 7.47. The lowest BCUT2D eigenvalue weighted by atomic mass is 10.0. The number of esters is 3. The van der Waals surface area contributed by atoms with E-state index in [0.717, 1.165) is 20.8 Å². The van der Waals surface area contributed by atoms with Crippen molar-refractivity contribution >= 4 is 33.9 Å². The van der Waals surface area contributed by atoms with Gasteiger partial charge in [-0.05, 0) is 0 Å². The van der Waals surface area contributed by atoms with Crippen LogP contribution in [0.1, 0.15) is 20.8 Å². The van der Waals surface area contributed by atoms with Gasteiger partial charge in [-0.1, -0.05) is 0 Å². The van der Waals surface area contributed by atoms with Crippen molar-refractivity contribution in [2.45, 2.75) is 45.4 Å². The van der Waals surface area contributed by atoms with Crippen molar-refractivity contribution in [1.82, 2.24) is 0 Å². The molecule has 26 heavy (non-hydrogen) atoms. The summed E-state index contributed by atoms with van der Waals surface area (Å²) in [7, 11) is -4.48. The number of primary amides is 1. The Bertz CT molecular complexity index is 674. The third-order valence-electron chi connectivity index (χ3n) is 2.87. The van der Waals surface area contributed by atoms with Gasteiger partial charge in [0, 0.05) is 20.8 Å². The molecule has 0 bridgehead atoms. The average Bonchev–Trinajstić information content (AvgIpc) is 2.42. The van der Waals surface area contributed by atoms with Crippen LogP contribution in [0.4, 0.5) is 0 Å². The van der Waals surface area contributed by atoms with Crippen LogP contribution in [-0.4, -0.2) is 69.2 Å². The van der Waals surface area contributed by atoms with Crippen molar-refractivity contribution in [3.05, 3.63) is 0 Å². The molecule has 1 heterocycles. The molecule has 0 aromatic heterocycles. The Morgan fingerprint density at radius 2 is 1.46 bits per heavy atom. The van der Waals surface area contributed by atoms with E-state index in [1.54, 1.807) is 0 Å². The molecule has 1 fully saturated rings. The van der Waals surface area contributed by atoms with Crippen LogP contribution >= 0.6 is 0 Å². The van der Waals surface area contributed by atoms with Gasteiger partial charge in [-0.15, -0.1) is 0 Å². The summed E-state index contributed by atoms with van der Waals surface area (Å²) in [5, 5.41) is 0. The summed E-state index contributed by atoms with van der Waals surface area (Å²) in [5.41, 5.74) is 4.82. The second-order valence-electron chi connectivity index (χ2n) is 5.26. The normalized spacial score (nSPS) is 25.8. The SMILES string of the molecule is CC(=O)OC1[C@H](OC(C)=O)CO[C@@H](OS(=O)(=O)CC(N)=O)[C@H]1OC(C)=O. The summed E-state index contributed by atoms with van der Waals surface area (Å²) < 4.78 is 48.3. The van der Waals surface area contributed by atoms with Gasteiger partial charge in [0.1, 0.15) is 0 Å². The van der Waals surface area contributed by atoms with E-state index in [-0.39, 0.29) is 0 Å². The first-order valence-corrected chi connectivity index (χ1v) is 8.81. The van der Waals surface area contributed by atoms with Gasteiger partial charge in [-0.2, -0.15) is 8.42 Å².